The fourth-order valence-electron chi connectivity index (χ4n) is 1.28. The molecule has 1 rings (SSSR count). The van der Waals surface area contributed by atoms with Crippen molar-refractivity contribution in [2.24, 2.45) is 5.11 Å². The molecule has 20 heavy (non-hydrogen) atoms. The molecule has 0 fully saturated rings. The largest absolute Gasteiger partial charge is 0.461 e. The van der Waals surface area contributed by atoms with Gasteiger partial charge < -0.3 is 4.74 Å². The van der Waals surface area contributed by atoms with Gasteiger partial charge in [-0.1, -0.05) is 29.4 Å². The van der Waals surface area contributed by atoms with E-state index in [-0.39, 0.29) is 12.3 Å². The number of nitrogens with zero attached hydrogens (tertiary/aromatic N) is 3. The molecule has 0 amide bonds. The molecule has 0 atom stereocenters. The van der Waals surface area contributed by atoms with E-state index in [9.17, 15) is 17.6 Å². The maximum Gasteiger partial charge on any atom is 0.461 e. The Bertz CT molecular complexity index is 513. The molecule has 0 aromatic heterocycles. The summed E-state index contributed by atoms with van der Waals surface area (Å²) in [5, 5.41) is 3.31. The summed E-state index contributed by atoms with van der Waals surface area (Å²) in [5.74, 6) is -0.354. The fourth-order valence-corrected chi connectivity index (χ4v) is 1.28. The third-order valence-corrected chi connectivity index (χ3v) is 2.14. The van der Waals surface area contributed by atoms with Gasteiger partial charge in [0.05, 0.1) is 0 Å². The van der Waals surface area contributed by atoms with Crippen molar-refractivity contribution in [1.82, 2.24) is 0 Å². The van der Waals surface area contributed by atoms with E-state index in [1.165, 1.54) is 12.1 Å². The lowest BCUT2D eigenvalue weighted by Gasteiger charge is -2.16. The standard InChI is InChI=1S/C12H11F4N3O/c13-11(14)12(15,16)20-10-6-3-5-9(8-10)4-1-2-7-18-19-17/h1,3-6,8,11H,2,7H2. The number of halogens is 4. The van der Waals surface area contributed by atoms with Gasteiger partial charge in [0.1, 0.15) is 5.75 Å². The van der Waals surface area contributed by atoms with E-state index in [2.05, 4.69) is 14.8 Å². The summed E-state index contributed by atoms with van der Waals surface area (Å²) in [6.07, 6.45) is -4.70. The van der Waals surface area contributed by atoms with E-state index in [0.717, 1.165) is 6.07 Å². The van der Waals surface area contributed by atoms with Crippen molar-refractivity contribution >= 4 is 6.08 Å². The van der Waals surface area contributed by atoms with E-state index in [4.69, 9.17) is 5.53 Å². The van der Waals surface area contributed by atoms with Gasteiger partial charge in [0, 0.05) is 11.5 Å². The van der Waals surface area contributed by atoms with Gasteiger partial charge in [-0.2, -0.15) is 17.6 Å². The van der Waals surface area contributed by atoms with Gasteiger partial charge in [0.25, 0.3) is 0 Å². The molecule has 4 nitrogen and oxygen atoms in total. The molecule has 8 heteroatoms. The summed E-state index contributed by atoms with van der Waals surface area (Å²) in [6, 6.07) is 5.37. The molecule has 0 saturated heterocycles. The summed E-state index contributed by atoms with van der Waals surface area (Å²) < 4.78 is 53.4. The van der Waals surface area contributed by atoms with Crippen molar-refractivity contribution in [2.75, 3.05) is 6.54 Å². The van der Waals surface area contributed by atoms with Crippen LogP contribution in [0.15, 0.2) is 35.5 Å². The minimum Gasteiger partial charge on any atom is -0.428 e. The number of benzene rings is 1. The minimum absolute atomic E-state index is 0.270. The zero-order valence-corrected chi connectivity index (χ0v) is 10.2. The fraction of sp³-hybridized carbons (Fsp3) is 0.333. The van der Waals surface area contributed by atoms with Gasteiger partial charge in [0.15, 0.2) is 0 Å². The van der Waals surface area contributed by atoms with Crippen LogP contribution >= 0.6 is 0 Å². The molecule has 0 saturated carbocycles. The molecule has 0 aliphatic heterocycles. The first-order valence-corrected chi connectivity index (χ1v) is 5.58. The summed E-state index contributed by atoms with van der Waals surface area (Å²) in [4.78, 5) is 2.57. The molecule has 1 aromatic rings. The highest BCUT2D eigenvalue weighted by Crippen LogP contribution is 2.28. The average molecular weight is 289 g/mol. The molecular weight excluding hydrogens is 278 g/mol. The second-order valence-electron chi connectivity index (χ2n) is 3.68. The van der Waals surface area contributed by atoms with Crippen LogP contribution in [-0.4, -0.2) is 19.1 Å². The number of rotatable bonds is 7. The molecule has 0 heterocycles. The van der Waals surface area contributed by atoms with E-state index in [0.29, 0.717) is 12.0 Å². The van der Waals surface area contributed by atoms with Crippen LogP contribution in [0.2, 0.25) is 0 Å². The van der Waals surface area contributed by atoms with Crippen molar-refractivity contribution in [3.8, 4) is 5.75 Å². The molecule has 0 aliphatic rings. The number of hydrogen-bond donors (Lipinski definition) is 0. The smallest absolute Gasteiger partial charge is 0.428 e. The van der Waals surface area contributed by atoms with Crippen LogP contribution in [0.5, 0.6) is 5.75 Å². The van der Waals surface area contributed by atoms with Crippen molar-refractivity contribution < 1.29 is 22.3 Å². The van der Waals surface area contributed by atoms with Crippen LogP contribution in [-0.2, 0) is 0 Å². The van der Waals surface area contributed by atoms with Gasteiger partial charge in [-0.15, -0.1) is 0 Å². The lowest BCUT2D eigenvalue weighted by atomic mass is 10.2. The van der Waals surface area contributed by atoms with E-state index < -0.39 is 12.5 Å². The maximum atomic E-state index is 12.7. The van der Waals surface area contributed by atoms with Gasteiger partial charge in [-0.05, 0) is 29.6 Å². The van der Waals surface area contributed by atoms with Crippen LogP contribution in [0.4, 0.5) is 17.6 Å². The summed E-state index contributed by atoms with van der Waals surface area (Å²) in [7, 11) is 0. The Morgan fingerprint density at radius 2 is 2.15 bits per heavy atom. The quantitative estimate of drug-likeness (QED) is 0.237. The van der Waals surface area contributed by atoms with Crippen LogP contribution in [0, 0.1) is 0 Å². The minimum atomic E-state index is -4.52. The lowest BCUT2D eigenvalue weighted by Crippen LogP contribution is -2.33. The topological polar surface area (TPSA) is 58.0 Å². The van der Waals surface area contributed by atoms with Crippen molar-refractivity contribution in [1.29, 1.82) is 0 Å². The normalized spacial score (nSPS) is 11.7. The van der Waals surface area contributed by atoms with E-state index >= 15 is 0 Å². The van der Waals surface area contributed by atoms with Gasteiger partial charge >= 0.3 is 12.5 Å². The van der Waals surface area contributed by atoms with Crippen molar-refractivity contribution in [2.45, 2.75) is 19.0 Å². The predicted octanol–water partition coefficient (Wildman–Crippen LogP) is 4.64. The SMILES string of the molecule is [N-]=[N+]=NCCC=Cc1cccc(OC(F)(F)C(F)F)c1. The van der Waals surface area contributed by atoms with Crippen LogP contribution < -0.4 is 4.74 Å². The predicted molar refractivity (Wildman–Crippen MR) is 65.7 cm³/mol. The summed E-state index contributed by atoms with van der Waals surface area (Å²) >= 11 is 0. The average Bonchev–Trinajstić information content (AvgIpc) is 2.38. The third kappa shape index (κ3) is 5.19. The highest BCUT2D eigenvalue weighted by Gasteiger charge is 2.43. The summed E-state index contributed by atoms with van der Waals surface area (Å²) in [5.41, 5.74) is 8.57. The molecule has 1 aromatic carbocycles. The number of alkyl halides is 4. The molecule has 0 N–H and O–H groups in total. The Labute approximate surface area is 112 Å². The second-order valence-corrected chi connectivity index (χ2v) is 3.68. The Hall–Kier alpha value is -2.21. The molecular formula is C12H11F4N3O. The van der Waals surface area contributed by atoms with Crippen LogP contribution in [0.3, 0.4) is 0 Å². The Balaban J connectivity index is 2.68. The number of azide groups is 1. The molecule has 0 spiro atoms. The maximum absolute atomic E-state index is 12.7. The van der Waals surface area contributed by atoms with Crippen molar-refractivity contribution in [3.63, 3.8) is 0 Å². The van der Waals surface area contributed by atoms with Gasteiger partial charge in [-0.3, -0.25) is 0 Å². The molecule has 0 aliphatic carbocycles. The first kappa shape index (κ1) is 15.8. The van der Waals surface area contributed by atoms with Crippen molar-refractivity contribution in [3.05, 3.63) is 46.3 Å². The molecule has 0 radical (unpaired) electrons. The van der Waals surface area contributed by atoms with E-state index in [1.54, 1.807) is 18.2 Å². The molecule has 0 bridgehead atoms. The third-order valence-electron chi connectivity index (χ3n) is 2.14. The van der Waals surface area contributed by atoms with Crippen LogP contribution in [0.1, 0.15) is 12.0 Å². The monoisotopic (exact) mass is 289 g/mol. The van der Waals surface area contributed by atoms with Crippen LogP contribution in [0.25, 0.3) is 16.5 Å². The van der Waals surface area contributed by atoms with E-state index in [1.807, 2.05) is 0 Å². The highest BCUT2D eigenvalue weighted by atomic mass is 19.3. The Kier molecular flexibility index (Phi) is 5.86. The lowest BCUT2D eigenvalue weighted by molar-refractivity contribution is -0.253. The molecule has 108 valence electrons. The zero-order valence-electron chi connectivity index (χ0n) is 10.2. The summed E-state index contributed by atoms with van der Waals surface area (Å²) in [6.45, 7) is 0.270. The second kappa shape index (κ2) is 7.40. The van der Waals surface area contributed by atoms with Gasteiger partial charge in [0.2, 0.25) is 0 Å². The zero-order chi connectivity index (χ0) is 15.0. The number of ether oxygens (including phenoxy) is 1. The molecule has 0 unspecified atom stereocenters. The Morgan fingerprint density at radius 1 is 1.40 bits per heavy atom. The Morgan fingerprint density at radius 3 is 2.80 bits per heavy atom. The number of hydrogen-bond acceptors (Lipinski definition) is 2. The first-order chi connectivity index (χ1) is 9.45. The van der Waals surface area contributed by atoms with Gasteiger partial charge in [-0.25, -0.2) is 0 Å². The first-order valence-electron chi connectivity index (χ1n) is 5.58. The highest BCUT2D eigenvalue weighted by molar-refractivity contribution is 5.51.